The lowest BCUT2D eigenvalue weighted by atomic mass is 10.1. The van der Waals surface area contributed by atoms with Gasteiger partial charge in [-0.1, -0.05) is 0 Å². The zero-order valence-corrected chi connectivity index (χ0v) is 13.7. The number of rotatable bonds is 6. The molecule has 0 aliphatic heterocycles. The van der Waals surface area contributed by atoms with Crippen LogP contribution in [0.5, 0.6) is 5.75 Å². The van der Waals surface area contributed by atoms with Crippen molar-refractivity contribution in [2.24, 2.45) is 0 Å². The van der Waals surface area contributed by atoms with Gasteiger partial charge < -0.3 is 10.1 Å². The van der Waals surface area contributed by atoms with E-state index in [1.54, 1.807) is 12.1 Å². The molecule has 2 nitrogen and oxygen atoms in total. The van der Waals surface area contributed by atoms with Gasteiger partial charge in [0.25, 0.3) is 0 Å². The molecule has 1 rings (SSSR count). The maximum absolute atomic E-state index is 13.3. The van der Waals surface area contributed by atoms with Crippen molar-refractivity contribution < 1.29 is 9.13 Å². The van der Waals surface area contributed by atoms with E-state index in [2.05, 4.69) is 42.0 Å². The van der Waals surface area contributed by atoms with Crippen LogP contribution in [0.4, 0.5) is 4.39 Å². The first-order chi connectivity index (χ1) is 8.78. The Balaban J connectivity index is 2.31. The third-order valence-corrected chi connectivity index (χ3v) is 3.31. The summed E-state index contributed by atoms with van der Waals surface area (Å²) in [4.78, 5) is 0. The molecule has 0 fully saturated rings. The molecule has 1 unspecified atom stereocenters. The monoisotopic (exact) mass is 331 g/mol. The second-order valence-corrected chi connectivity index (χ2v) is 6.68. The van der Waals surface area contributed by atoms with E-state index in [1.165, 1.54) is 6.07 Å². The normalized spacial score (nSPS) is 13.4. The summed E-state index contributed by atoms with van der Waals surface area (Å²) in [6.07, 6.45) is 2.07. The number of hydrogen-bond acceptors (Lipinski definition) is 2. The van der Waals surface area contributed by atoms with Gasteiger partial charge in [0.15, 0.2) is 0 Å². The minimum atomic E-state index is -0.293. The summed E-state index contributed by atoms with van der Waals surface area (Å²) in [5, 5.41) is 3.44. The van der Waals surface area contributed by atoms with Crippen molar-refractivity contribution in [3.63, 3.8) is 0 Å². The minimum absolute atomic E-state index is 0.0855. The molecular weight excluding hydrogens is 309 g/mol. The Kier molecular flexibility index (Phi) is 6.27. The van der Waals surface area contributed by atoms with Gasteiger partial charge in [-0.3, -0.25) is 0 Å². The van der Waals surface area contributed by atoms with Crippen molar-refractivity contribution in [2.45, 2.75) is 52.2 Å². The largest absolute Gasteiger partial charge is 0.491 e. The lowest BCUT2D eigenvalue weighted by Gasteiger charge is -2.21. The Morgan fingerprint density at radius 3 is 2.63 bits per heavy atom. The lowest BCUT2D eigenvalue weighted by Crippen LogP contribution is -2.36. The van der Waals surface area contributed by atoms with Gasteiger partial charge in [0.1, 0.15) is 11.6 Å². The number of benzene rings is 1. The zero-order chi connectivity index (χ0) is 14.5. The van der Waals surface area contributed by atoms with Crippen LogP contribution in [0.25, 0.3) is 0 Å². The van der Waals surface area contributed by atoms with E-state index >= 15 is 0 Å². The van der Waals surface area contributed by atoms with Crippen LogP contribution in [0.3, 0.4) is 0 Å². The van der Waals surface area contributed by atoms with E-state index in [9.17, 15) is 4.39 Å². The average Bonchev–Trinajstić information content (AvgIpc) is 2.28. The van der Waals surface area contributed by atoms with Crippen LogP contribution in [-0.4, -0.2) is 18.2 Å². The number of halogens is 2. The van der Waals surface area contributed by atoms with Crippen molar-refractivity contribution in [1.29, 1.82) is 0 Å². The first-order valence-electron chi connectivity index (χ1n) is 6.64. The molecular formula is C15H23BrFNO. The molecule has 1 N–H and O–H groups in total. The summed E-state index contributed by atoms with van der Waals surface area (Å²) in [6.45, 7) is 9.43. The summed E-state index contributed by atoms with van der Waals surface area (Å²) < 4.78 is 19.5. The fraction of sp³-hybridized carbons (Fsp3) is 0.600. The molecule has 0 heterocycles. The van der Waals surface area contributed by atoms with E-state index in [0.29, 0.717) is 10.2 Å². The molecule has 108 valence electrons. The Labute approximate surface area is 123 Å². The first kappa shape index (κ1) is 16.4. The van der Waals surface area contributed by atoms with E-state index in [0.717, 1.165) is 19.4 Å². The number of ether oxygens (including phenoxy) is 1. The molecule has 1 atom stereocenters. The van der Waals surface area contributed by atoms with E-state index in [-0.39, 0.29) is 17.5 Å². The van der Waals surface area contributed by atoms with Crippen LogP contribution in [0.1, 0.15) is 40.5 Å². The van der Waals surface area contributed by atoms with Gasteiger partial charge in [-0.25, -0.2) is 4.39 Å². The van der Waals surface area contributed by atoms with Gasteiger partial charge >= 0.3 is 0 Å². The van der Waals surface area contributed by atoms with E-state index in [4.69, 9.17) is 4.74 Å². The topological polar surface area (TPSA) is 21.3 Å². The van der Waals surface area contributed by atoms with Crippen LogP contribution in [0.15, 0.2) is 22.7 Å². The Hall–Kier alpha value is -0.610. The highest BCUT2D eigenvalue weighted by Crippen LogP contribution is 2.22. The van der Waals surface area contributed by atoms with Crippen molar-refractivity contribution in [3.8, 4) is 5.75 Å². The molecule has 0 amide bonds. The summed E-state index contributed by atoms with van der Waals surface area (Å²) in [5.41, 5.74) is 0.152. The van der Waals surface area contributed by atoms with Gasteiger partial charge in [0.05, 0.1) is 10.6 Å². The predicted octanol–water partition coefficient (Wildman–Crippen LogP) is 4.52. The van der Waals surface area contributed by atoms with E-state index < -0.39 is 0 Å². The van der Waals surface area contributed by atoms with Crippen molar-refractivity contribution in [1.82, 2.24) is 5.32 Å². The van der Waals surface area contributed by atoms with Crippen molar-refractivity contribution >= 4 is 15.9 Å². The van der Waals surface area contributed by atoms with Gasteiger partial charge in [0, 0.05) is 11.6 Å². The van der Waals surface area contributed by atoms with Gasteiger partial charge in [-0.15, -0.1) is 0 Å². The molecule has 0 saturated heterocycles. The molecule has 0 aliphatic rings. The Morgan fingerprint density at radius 2 is 2.05 bits per heavy atom. The third-order valence-electron chi connectivity index (χ3n) is 2.67. The van der Waals surface area contributed by atoms with Gasteiger partial charge in [-0.05, 0) is 75.1 Å². The summed E-state index contributed by atoms with van der Waals surface area (Å²) >= 11 is 3.13. The smallest absolute Gasteiger partial charge is 0.141 e. The molecule has 0 bridgehead atoms. The molecule has 0 spiro atoms. The number of nitrogens with one attached hydrogen (secondary N) is 1. The van der Waals surface area contributed by atoms with Crippen molar-refractivity contribution in [3.05, 3.63) is 28.5 Å². The third kappa shape index (κ3) is 6.92. The highest BCUT2D eigenvalue weighted by Gasteiger charge is 2.09. The molecule has 0 radical (unpaired) electrons. The summed E-state index contributed by atoms with van der Waals surface area (Å²) in [6, 6.07) is 4.85. The van der Waals surface area contributed by atoms with Gasteiger partial charge in [0.2, 0.25) is 0 Å². The quantitative estimate of drug-likeness (QED) is 0.773. The molecule has 0 saturated carbocycles. The fourth-order valence-electron chi connectivity index (χ4n) is 1.69. The molecule has 1 aromatic rings. The standard InChI is InChI=1S/C15H23BrFNO/c1-11(6-5-9-18-15(2,3)4)19-12-7-8-13(16)14(17)10-12/h7-8,10-11,18H,5-6,9H2,1-4H3. The molecule has 1 aromatic carbocycles. The van der Waals surface area contributed by atoms with Crippen LogP contribution in [-0.2, 0) is 0 Å². The summed E-state index contributed by atoms with van der Waals surface area (Å²) in [7, 11) is 0. The van der Waals surface area contributed by atoms with Crippen LogP contribution in [0, 0.1) is 5.82 Å². The molecule has 0 aliphatic carbocycles. The summed E-state index contributed by atoms with van der Waals surface area (Å²) in [5.74, 6) is 0.288. The molecule has 0 aromatic heterocycles. The van der Waals surface area contributed by atoms with Crippen LogP contribution in [0.2, 0.25) is 0 Å². The van der Waals surface area contributed by atoms with E-state index in [1.807, 2.05) is 6.92 Å². The highest BCUT2D eigenvalue weighted by molar-refractivity contribution is 9.10. The average molecular weight is 332 g/mol. The zero-order valence-electron chi connectivity index (χ0n) is 12.1. The minimum Gasteiger partial charge on any atom is -0.491 e. The highest BCUT2D eigenvalue weighted by atomic mass is 79.9. The Morgan fingerprint density at radius 1 is 1.37 bits per heavy atom. The molecule has 4 heteroatoms. The lowest BCUT2D eigenvalue weighted by molar-refractivity contribution is 0.205. The van der Waals surface area contributed by atoms with Gasteiger partial charge in [-0.2, -0.15) is 0 Å². The maximum atomic E-state index is 13.3. The van der Waals surface area contributed by atoms with Crippen molar-refractivity contribution in [2.75, 3.05) is 6.54 Å². The van der Waals surface area contributed by atoms with Crippen LogP contribution >= 0.6 is 15.9 Å². The second-order valence-electron chi connectivity index (χ2n) is 5.82. The maximum Gasteiger partial charge on any atom is 0.141 e. The SMILES string of the molecule is CC(CCCNC(C)(C)C)Oc1ccc(Br)c(F)c1. The Bertz CT molecular complexity index is 404. The van der Waals surface area contributed by atoms with Crippen LogP contribution < -0.4 is 10.1 Å². The number of hydrogen-bond donors (Lipinski definition) is 1. The predicted molar refractivity (Wildman–Crippen MR) is 81.2 cm³/mol. The molecule has 19 heavy (non-hydrogen) atoms. The first-order valence-corrected chi connectivity index (χ1v) is 7.44. The second kappa shape index (κ2) is 7.25. The fourth-order valence-corrected chi connectivity index (χ4v) is 1.94.